The van der Waals surface area contributed by atoms with Gasteiger partial charge in [-0.1, -0.05) is 48.5 Å². The Morgan fingerprint density at radius 1 is 0.933 bits per heavy atom. The lowest BCUT2D eigenvalue weighted by atomic mass is 10.1. The van der Waals surface area contributed by atoms with Crippen LogP contribution >= 0.6 is 0 Å². The van der Waals surface area contributed by atoms with Gasteiger partial charge in [0.15, 0.2) is 6.54 Å². The van der Waals surface area contributed by atoms with Crippen LogP contribution in [0.5, 0.6) is 5.75 Å². The van der Waals surface area contributed by atoms with Gasteiger partial charge in [0.05, 0.1) is 19.8 Å². The highest BCUT2D eigenvalue weighted by molar-refractivity contribution is 5.83. The first-order valence-electron chi connectivity index (χ1n) is 10.6. The zero-order valence-corrected chi connectivity index (χ0v) is 17.8. The third kappa shape index (κ3) is 4.57. The summed E-state index contributed by atoms with van der Waals surface area (Å²) in [6, 6.07) is 23.0. The van der Waals surface area contributed by atoms with Crippen LogP contribution in [0.25, 0.3) is 10.8 Å². The van der Waals surface area contributed by atoms with Gasteiger partial charge in [-0.05, 0) is 29.0 Å². The van der Waals surface area contributed by atoms with Crippen LogP contribution in [0.2, 0.25) is 0 Å². The fraction of sp³-hybridized carbons (Fsp3) is 0.320. The number of nitrogens with zero attached hydrogens (tertiary/aromatic N) is 2. The topological polar surface area (TPSA) is 37.2 Å². The Morgan fingerprint density at radius 3 is 2.40 bits per heavy atom. The highest BCUT2D eigenvalue weighted by Crippen LogP contribution is 2.28. The molecule has 1 fully saturated rings. The number of ether oxygens (including phenoxy) is 1. The van der Waals surface area contributed by atoms with Crippen LogP contribution in [0.4, 0.5) is 5.69 Å². The second-order valence-electron chi connectivity index (χ2n) is 8.03. The lowest BCUT2D eigenvalue weighted by Crippen LogP contribution is -3.09. The first-order valence-corrected chi connectivity index (χ1v) is 10.6. The van der Waals surface area contributed by atoms with Crippen LogP contribution < -0.4 is 14.5 Å². The van der Waals surface area contributed by atoms with Gasteiger partial charge in [-0.15, -0.1) is 0 Å². The van der Waals surface area contributed by atoms with E-state index >= 15 is 0 Å². The molecule has 1 heterocycles. The molecule has 1 aliphatic rings. The maximum atomic E-state index is 12.8. The molecule has 0 aliphatic carbocycles. The average Bonchev–Trinajstić information content (AvgIpc) is 2.79. The SMILES string of the molecule is COc1ccccc1N1CCN(C(=O)C[NH+](C)Cc2ccc3ccccc3c2)CC1. The third-order valence-corrected chi connectivity index (χ3v) is 5.83. The van der Waals surface area contributed by atoms with E-state index in [4.69, 9.17) is 4.74 Å². The molecule has 1 N–H and O–H groups in total. The van der Waals surface area contributed by atoms with Crippen molar-refractivity contribution < 1.29 is 14.4 Å². The van der Waals surface area contributed by atoms with Gasteiger partial charge < -0.3 is 19.4 Å². The number of fused-ring (bicyclic) bond motifs is 1. The Hall–Kier alpha value is -3.05. The second-order valence-corrected chi connectivity index (χ2v) is 8.03. The number of para-hydroxylation sites is 2. The van der Waals surface area contributed by atoms with E-state index in [1.807, 2.05) is 23.1 Å². The molecule has 3 aromatic rings. The molecule has 0 aromatic heterocycles. The van der Waals surface area contributed by atoms with Crippen molar-refractivity contribution in [1.29, 1.82) is 0 Å². The molecular formula is C25H30N3O2+. The first-order chi connectivity index (χ1) is 14.6. The minimum Gasteiger partial charge on any atom is -0.495 e. The first kappa shape index (κ1) is 20.2. The van der Waals surface area contributed by atoms with E-state index in [1.54, 1.807) is 7.11 Å². The number of amides is 1. The summed E-state index contributed by atoms with van der Waals surface area (Å²) in [5, 5.41) is 2.50. The zero-order valence-electron chi connectivity index (χ0n) is 17.8. The third-order valence-electron chi connectivity index (χ3n) is 5.83. The Kier molecular flexibility index (Phi) is 6.19. The average molecular weight is 405 g/mol. The van der Waals surface area contributed by atoms with Gasteiger partial charge in [-0.25, -0.2) is 0 Å². The van der Waals surface area contributed by atoms with Gasteiger partial charge in [0.1, 0.15) is 12.3 Å². The number of nitrogens with one attached hydrogen (secondary N) is 1. The highest BCUT2D eigenvalue weighted by Gasteiger charge is 2.24. The molecular weight excluding hydrogens is 374 g/mol. The second kappa shape index (κ2) is 9.18. The normalized spacial score (nSPS) is 15.3. The number of rotatable bonds is 6. The molecule has 5 heteroatoms. The molecule has 4 rings (SSSR count). The molecule has 1 atom stereocenters. The quantitative estimate of drug-likeness (QED) is 0.685. The lowest BCUT2D eigenvalue weighted by Gasteiger charge is -2.36. The van der Waals surface area contributed by atoms with Gasteiger partial charge in [0, 0.05) is 31.7 Å². The summed E-state index contributed by atoms with van der Waals surface area (Å²) >= 11 is 0. The predicted molar refractivity (Wildman–Crippen MR) is 121 cm³/mol. The fourth-order valence-corrected chi connectivity index (χ4v) is 4.22. The van der Waals surface area contributed by atoms with Crippen LogP contribution in [0, 0.1) is 0 Å². The van der Waals surface area contributed by atoms with Crippen molar-refractivity contribution in [2.24, 2.45) is 0 Å². The molecule has 1 aliphatic heterocycles. The van der Waals surface area contributed by atoms with Gasteiger partial charge in [0.2, 0.25) is 0 Å². The number of benzene rings is 3. The molecule has 30 heavy (non-hydrogen) atoms. The number of anilines is 1. The van der Waals surface area contributed by atoms with Gasteiger partial charge >= 0.3 is 0 Å². The van der Waals surface area contributed by atoms with E-state index in [0.717, 1.165) is 44.2 Å². The molecule has 1 amide bonds. The smallest absolute Gasteiger partial charge is 0.277 e. The number of carbonyl (C=O) groups excluding carboxylic acids is 1. The monoisotopic (exact) mass is 404 g/mol. The number of hydrogen-bond donors (Lipinski definition) is 1. The Balaban J connectivity index is 1.30. The van der Waals surface area contributed by atoms with E-state index < -0.39 is 0 Å². The van der Waals surface area contributed by atoms with Crippen molar-refractivity contribution in [3.8, 4) is 5.75 Å². The Morgan fingerprint density at radius 2 is 1.63 bits per heavy atom. The maximum absolute atomic E-state index is 12.8. The molecule has 156 valence electrons. The number of hydrogen-bond acceptors (Lipinski definition) is 3. The number of carbonyl (C=O) groups is 1. The minimum absolute atomic E-state index is 0.230. The molecule has 0 radical (unpaired) electrons. The summed E-state index contributed by atoms with van der Waals surface area (Å²) in [5.41, 5.74) is 2.37. The Labute approximate surface area is 178 Å². The molecule has 1 unspecified atom stereocenters. The molecule has 5 nitrogen and oxygen atoms in total. The van der Waals surface area contributed by atoms with Gasteiger partial charge in [-0.3, -0.25) is 4.79 Å². The van der Waals surface area contributed by atoms with Crippen molar-refractivity contribution in [3.63, 3.8) is 0 Å². The van der Waals surface area contributed by atoms with E-state index in [0.29, 0.717) is 6.54 Å². The summed E-state index contributed by atoms with van der Waals surface area (Å²) in [7, 11) is 3.80. The number of quaternary nitrogens is 1. The Bertz CT molecular complexity index is 1010. The van der Waals surface area contributed by atoms with Crippen LogP contribution in [0.15, 0.2) is 66.7 Å². The van der Waals surface area contributed by atoms with E-state index in [-0.39, 0.29) is 5.91 Å². The number of methoxy groups -OCH3 is 1. The van der Waals surface area contributed by atoms with Crippen molar-refractivity contribution in [2.45, 2.75) is 6.54 Å². The predicted octanol–water partition coefficient (Wildman–Crippen LogP) is 2.21. The summed E-state index contributed by atoms with van der Waals surface area (Å²) in [5.74, 6) is 1.12. The standard InChI is InChI=1S/C25H29N3O2/c1-26(18-20-11-12-21-7-3-4-8-22(21)17-20)19-25(29)28-15-13-27(14-16-28)23-9-5-6-10-24(23)30-2/h3-12,17H,13-16,18-19H2,1-2H3/p+1. The zero-order chi connectivity index (χ0) is 20.9. The van der Waals surface area contributed by atoms with Crippen molar-refractivity contribution in [3.05, 3.63) is 72.3 Å². The molecule has 0 bridgehead atoms. The van der Waals surface area contributed by atoms with E-state index in [9.17, 15) is 4.79 Å². The van der Waals surface area contributed by atoms with Crippen molar-refractivity contribution in [2.75, 3.05) is 51.8 Å². The molecule has 1 saturated heterocycles. The van der Waals surface area contributed by atoms with E-state index in [2.05, 4.69) is 60.5 Å². The largest absolute Gasteiger partial charge is 0.495 e. The lowest BCUT2D eigenvalue weighted by molar-refractivity contribution is -0.885. The molecule has 3 aromatic carbocycles. The molecule has 0 saturated carbocycles. The van der Waals surface area contributed by atoms with Crippen LogP contribution in [0.1, 0.15) is 5.56 Å². The van der Waals surface area contributed by atoms with Gasteiger partial charge in [-0.2, -0.15) is 0 Å². The fourth-order valence-electron chi connectivity index (χ4n) is 4.22. The summed E-state index contributed by atoms with van der Waals surface area (Å²) in [4.78, 5) is 18.3. The van der Waals surface area contributed by atoms with Crippen molar-refractivity contribution in [1.82, 2.24) is 4.90 Å². The summed E-state index contributed by atoms with van der Waals surface area (Å²) in [6.45, 7) is 4.52. The van der Waals surface area contributed by atoms with Gasteiger partial charge in [0.25, 0.3) is 5.91 Å². The van der Waals surface area contributed by atoms with Crippen LogP contribution in [-0.4, -0.2) is 57.7 Å². The highest BCUT2D eigenvalue weighted by atomic mass is 16.5. The number of piperazine rings is 1. The number of likely N-dealkylation sites (N-methyl/N-ethyl adjacent to an activating group) is 1. The molecule has 0 spiro atoms. The van der Waals surface area contributed by atoms with Crippen molar-refractivity contribution >= 4 is 22.4 Å². The maximum Gasteiger partial charge on any atom is 0.277 e. The van der Waals surface area contributed by atoms with Crippen LogP contribution in [0.3, 0.4) is 0 Å². The summed E-state index contributed by atoms with van der Waals surface area (Å²) in [6.07, 6.45) is 0. The minimum atomic E-state index is 0.230. The van der Waals surface area contributed by atoms with Crippen LogP contribution in [-0.2, 0) is 11.3 Å². The summed E-state index contributed by atoms with van der Waals surface area (Å²) < 4.78 is 5.48. The van der Waals surface area contributed by atoms with E-state index in [1.165, 1.54) is 21.2 Å².